The molecule has 0 atom stereocenters. The molecule has 0 aromatic heterocycles. The monoisotopic (exact) mass is 246 g/mol. The maximum absolute atomic E-state index is 12.9. The maximum Gasteiger partial charge on any atom is 0.136 e. The molecule has 0 spiro atoms. The average Bonchev–Trinajstić information content (AvgIpc) is 2.04. The molecule has 0 unspecified atom stereocenters. The number of halogens is 2. The summed E-state index contributed by atoms with van der Waals surface area (Å²) in [6.07, 6.45) is 0.864. The molecular formula is C9H8BrFO2. The zero-order valence-corrected chi connectivity index (χ0v) is 8.60. The Kier molecular flexibility index (Phi) is 3.42. The van der Waals surface area contributed by atoms with Crippen molar-refractivity contribution in [3.8, 4) is 5.75 Å². The van der Waals surface area contributed by atoms with Gasteiger partial charge in [0.25, 0.3) is 0 Å². The lowest BCUT2D eigenvalue weighted by Crippen LogP contribution is -1.95. The summed E-state index contributed by atoms with van der Waals surface area (Å²) in [6, 6.07) is 2.59. The Hall–Kier alpha value is -0.900. The van der Waals surface area contributed by atoms with E-state index in [2.05, 4.69) is 15.9 Å². The molecule has 0 aliphatic rings. The first-order valence-electron chi connectivity index (χ1n) is 3.64. The number of methoxy groups -OCH3 is 1. The minimum atomic E-state index is -0.385. The van der Waals surface area contributed by atoms with Gasteiger partial charge < -0.3 is 9.53 Å². The Morgan fingerprint density at radius 3 is 2.85 bits per heavy atom. The van der Waals surface area contributed by atoms with Crippen LogP contribution in [0.4, 0.5) is 4.39 Å². The van der Waals surface area contributed by atoms with E-state index in [0.717, 1.165) is 0 Å². The zero-order chi connectivity index (χ0) is 9.84. The minimum Gasteiger partial charge on any atom is -0.495 e. The highest BCUT2D eigenvalue weighted by Crippen LogP contribution is 2.30. The fourth-order valence-corrected chi connectivity index (χ4v) is 1.72. The lowest BCUT2D eigenvalue weighted by molar-refractivity contribution is -0.107. The number of hydrogen-bond acceptors (Lipinski definition) is 2. The maximum atomic E-state index is 12.9. The standard InChI is InChI=1S/C9H8BrFO2/c1-13-9-6(2-3-12)4-7(11)5-8(9)10/h3-5H,2H2,1H3. The second kappa shape index (κ2) is 4.37. The number of benzene rings is 1. The van der Waals surface area contributed by atoms with Crippen molar-refractivity contribution in [1.29, 1.82) is 0 Å². The molecule has 1 aromatic rings. The molecule has 0 amide bonds. The molecule has 1 rings (SSSR count). The van der Waals surface area contributed by atoms with Crippen molar-refractivity contribution in [1.82, 2.24) is 0 Å². The molecule has 0 radical (unpaired) electrons. The molecule has 4 heteroatoms. The first kappa shape index (κ1) is 10.2. The highest BCUT2D eigenvalue weighted by Gasteiger charge is 2.09. The van der Waals surface area contributed by atoms with E-state index < -0.39 is 0 Å². The van der Waals surface area contributed by atoms with Crippen LogP contribution in [0.5, 0.6) is 5.75 Å². The number of aldehydes is 1. The SMILES string of the molecule is COc1c(Br)cc(F)cc1CC=O. The number of hydrogen-bond donors (Lipinski definition) is 0. The van der Waals surface area contributed by atoms with Crippen LogP contribution in [0.25, 0.3) is 0 Å². The van der Waals surface area contributed by atoms with Crippen LogP contribution in [0, 0.1) is 5.82 Å². The van der Waals surface area contributed by atoms with E-state index in [1.165, 1.54) is 19.2 Å². The van der Waals surface area contributed by atoms with Gasteiger partial charge in [-0.1, -0.05) is 0 Å². The normalized spacial score (nSPS) is 9.77. The van der Waals surface area contributed by atoms with Crippen LogP contribution in [0.3, 0.4) is 0 Å². The quantitative estimate of drug-likeness (QED) is 0.766. The van der Waals surface area contributed by atoms with Crippen molar-refractivity contribution in [2.45, 2.75) is 6.42 Å². The van der Waals surface area contributed by atoms with Crippen molar-refractivity contribution in [2.24, 2.45) is 0 Å². The summed E-state index contributed by atoms with van der Waals surface area (Å²) in [7, 11) is 1.48. The van der Waals surface area contributed by atoms with Gasteiger partial charge in [0.2, 0.25) is 0 Å². The van der Waals surface area contributed by atoms with Gasteiger partial charge in [-0.15, -0.1) is 0 Å². The third-order valence-corrected chi connectivity index (χ3v) is 2.18. The van der Waals surface area contributed by atoms with Gasteiger partial charge in [0.05, 0.1) is 11.6 Å². The van der Waals surface area contributed by atoms with Crippen LogP contribution in [-0.4, -0.2) is 13.4 Å². The highest BCUT2D eigenvalue weighted by atomic mass is 79.9. The first-order valence-corrected chi connectivity index (χ1v) is 4.44. The summed E-state index contributed by atoms with van der Waals surface area (Å²) in [4.78, 5) is 10.3. The van der Waals surface area contributed by atoms with Crippen molar-refractivity contribution >= 4 is 22.2 Å². The van der Waals surface area contributed by atoms with E-state index in [1.807, 2.05) is 0 Å². The molecule has 0 saturated carbocycles. The number of carbonyl (C=O) groups excluding carboxylic acids is 1. The summed E-state index contributed by atoms with van der Waals surface area (Å²) in [5, 5.41) is 0. The molecule has 0 fully saturated rings. The third-order valence-electron chi connectivity index (χ3n) is 1.59. The van der Waals surface area contributed by atoms with Crippen LogP contribution in [0.2, 0.25) is 0 Å². The van der Waals surface area contributed by atoms with Crippen molar-refractivity contribution < 1.29 is 13.9 Å². The topological polar surface area (TPSA) is 26.3 Å². The van der Waals surface area contributed by atoms with Crippen LogP contribution in [0.15, 0.2) is 16.6 Å². The molecule has 1 aromatic carbocycles. The molecule has 0 bridgehead atoms. The molecule has 0 aliphatic carbocycles. The fraction of sp³-hybridized carbons (Fsp3) is 0.222. The van der Waals surface area contributed by atoms with Gasteiger partial charge >= 0.3 is 0 Å². The van der Waals surface area contributed by atoms with Crippen molar-refractivity contribution in [2.75, 3.05) is 7.11 Å². The summed E-state index contributed by atoms with van der Waals surface area (Å²) in [5.41, 5.74) is 0.546. The molecule has 0 saturated heterocycles. The molecular weight excluding hydrogens is 239 g/mol. The van der Waals surface area contributed by atoms with E-state index in [-0.39, 0.29) is 12.2 Å². The predicted molar refractivity (Wildman–Crippen MR) is 50.4 cm³/mol. The second-order valence-electron chi connectivity index (χ2n) is 2.45. The summed E-state index contributed by atoms with van der Waals surface area (Å²) >= 11 is 3.15. The van der Waals surface area contributed by atoms with Gasteiger partial charge in [-0.3, -0.25) is 0 Å². The average molecular weight is 247 g/mol. The van der Waals surface area contributed by atoms with Crippen LogP contribution < -0.4 is 4.74 Å². The number of carbonyl (C=O) groups is 1. The lowest BCUT2D eigenvalue weighted by Gasteiger charge is -2.07. The summed E-state index contributed by atoms with van der Waals surface area (Å²) in [6.45, 7) is 0. The van der Waals surface area contributed by atoms with E-state index in [4.69, 9.17) is 4.74 Å². The Morgan fingerprint density at radius 2 is 2.31 bits per heavy atom. The van der Waals surface area contributed by atoms with Gasteiger partial charge in [0.15, 0.2) is 0 Å². The smallest absolute Gasteiger partial charge is 0.136 e. The molecule has 2 nitrogen and oxygen atoms in total. The van der Waals surface area contributed by atoms with Gasteiger partial charge in [0.1, 0.15) is 17.9 Å². The largest absolute Gasteiger partial charge is 0.495 e. The third kappa shape index (κ3) is 2.28. The van der Waals surface area contributed by atoms with E-state index >= 15 is 0 Å². The Bertz CT molecular complexity index is 326. The van der Waals surface area contributed by atoms with Crippen LogP contribution in [0.1, 0.15) is 5.56 Å². The molecule has 0 aliphatic heterocycles. The molecule has 0 heterocycles. The second-order valence-corrected chi connectivity index (χ2v) is 3.31. The lowest BCUT2D eigenvalue weighted by atomic mass is 10.1. The zero-order valence-electron chi connectivity index (χ0n) is 7.01. The van der Waals surface area contributed by atoms with Crippen LogP contribution in [-0.2, 0) is 11.2 Å². The van der Waals surface area contributed by atoms with E-state index in [9.17, 15) is 9.18 Å². The first-order chi connectivity index (χ1) is 6.19. The number of rotatable bonds is 3. The predicted octanol–water partition coefficient (Wildman–Crippen LogP) is 2.34. The Labute approximate surface area is 83.8 Å². The van der Waals surface area contributed by atoms with Crippen molar-refractivity contribution in [3.63, 3.8) is 0 Å². The fourth-order valence-electron chi connectivity index (χ4n) is 1.08. The van der Waals surface area contributed by atoms with Crippen LogP contribution >= 0.6 is 15.9 Å². The van der Waals surface area contributed by atoms with Crippen molar-refractivity contribution in [3.05, 3.63) is 28.0 Å². The molecule has 70 valence electrons. The van der Waals surface area contributed by atoms with Gasteiger partial charge in [-0.25, -0.2) is 4.39 Å². The van der Waals surface area contributed by atoms with Gasteiger partial charge in [-0.05, 0) is 28.1 Å². The number of ether oxygens (including phenoxy) is 1. The minimum absolute atomic E-state index is 0.152. The van der Waals surface area contributed by atoms with E-state index in [1.54, 1.807) is 0 Å². The van der Waals surface area contributed by atoms with Gasteiger partial charge in [-0.2, -0.15) is 0 Å². The Morgan fingerprint density at radius 1 is 1.62 bits per heavy atom. The summed E-state index contributed by atoms with van der Waals surface area (Å²) in [5.74, 6) is 0.123. The molecule has 0 N–H and O–H groups in total. The summed E-state index contributed by atoms with van der Waals surface area (Å²) < 4.78 is 18.4. The Balaban J connectivity index is 3.20. The van der Waals surface area contributed by atoms with E-state index in [0.29, 0.717) is 22.1 Å². The van der Waals surface area contributed by atoms with Gasteiger partial charge in [0, 0.05) is 12.0 Å². The molecule has 13 heavy (non-hydrogen) atoms. The highest BCUT2D eigenvalue weighted by molar-refractivity contribution is 9.10.